The number of aliphatic imine (C=N–C) groups is 1. The number of aromatic nitrogens is 1. The number of piperidine rings is 1. The Morgan fingerprint density at radius 1 is 1.22 bits per heavy atom. The summed E-state index contributed by atoms with van der Waals surface area (Å²) < 4.78 is 0. The van der Waals surface area contributed by atoms with Gasteiger partial charge >= 0.3 is 0 Å². The molecule has 0 bridgehead atoms. The molecule has 1 fully saturated rings. The summed E-state index contributed by atoms with van der Waals surface area (Å²) in [5, 5.41) is 7.21. The molecule has 4 rings (SSSR count). The zero-order valence-electron chi connectivity index (χ0n) is 15.1. The van der Waals surface area contributed by atoms with Crippen molar-refractivity contribution in [1.29, 1.82) is 0 Å². The Kier molecular flexibility index (Phi) is 5.57. The van der Waals surface area contributed by atoms with Gasteiger partial charge in [-0.15, -0.1) is 11.8 Å². The molecule has 0 aromatic carbocycles. The third-order valence-electron chi connectivity index (χ3n) is 5.47. The molecule has 1 aromatic rings. The van der Waals surface area contributed by atoms with E-state index in [1.807, 2.05) is 12.1 Å². The predicted octanol–water partition coefficient (Wildman–Crippen LogP) is 2.06. The minimum absolute atomic E-state index is 0.0119. The lowest BCUT2D eigenvalue weighted by atomic mass is 9.81. The number of hydrogen-bond acceptors (Lipinski definition) is 5. The first-order valence-electron chi connectivity index (χ1n) is 9.56. The number of carbonyl (C=O) groups is 2. The summed E-state index contributed by atoms with van der Waals surface area (Å²) in [7, 11) is 0. The van der Waals surface area contributed by atoms with Gasteiger partial charge in [0.05, 0.1) is 11.1 Å². The van der Waals surface area contributed by atoms with Crippen LogP contribution < -0.4 is 10.6 Å². The van der Waals surface area contributed by atoms with Crippen LogP contribution in [0.15, 0.2) is 41.7 Å². The van der Waals surface area contributed by atoms with Gasteiger partial charge in [0, 0.05) is 36.2 Å². The third kappa shape index (κ3) is 4.24. The number of amides is 2. The fourth-order valence-electron chi connectivity index (χ4n) is 4.02. The number of carbonyl (C=O) groups excluding carboxylic acids is 2. The second-order valence-electron chi connectivity index (χ2n) is 7.29. The Morgan fingerprint density at radius 2 is 2.07 bits per heavy atom. The molecule has 142 valence electrons. The highest BCUT2D eigenvalue weighted by molar-refractivity contribution is 8.14. The van der Waals surface area contributed by atoms with E-state index in [-0.39, 0.29) is 29.9 Å². The number of nitrogens with zero attached hydrogens (tertiary/aromatic N) is 2. The van der Waals surface area contributed by atoms with Crippen molar-refractivity contribution in [3.8, 4) is 0 Å². The van der Waals surface area contributed by atoms with Gasteiger partial charge in [0.2, 0.25) is 11.8 Å². The minimum atomic E-state index is -0.373. The maximum Gasteiger partial charge on any atom is 0.246 e. The van der Waals surface area contributed by atoms with Gasteiger partial charge in [0.15, 0.2) is 0 Å². The van der Waals surface area contributed by atoms with E-state index in [0.29, 0.717) is 24.5 Å². The number of nitrogens with one attached hydrogen (secondary N) is 2. The van der Waals surface area contributed by atoms with Crippen molar-refractivity contribution in [3.05, 3.63) is 42.2 Å². The SMILES string of the molecule is O=C1CC[C@@H](NC(=O)C2CSC(c3ccncc3)=N2)[C@H](C2CC=CCC2)N1. The molecule has 27 heavy (non-hydrogen) atoms. The van der Waals surface area contributed by atoms with Crippen LogP contribution in [0.2, 0.25) is 0 Å². The van der Waals surface area contributed by atoms with E-state index in [9.17, 15) is 9.59 Å². The van der Waals surface area contributed by atoms with Crippen LogP contribution in [0.25, 0.3) is 0 Å². The zero-order chi connectivity index (χ0) is 18.6. The molecule has 4 atom stereocenters. The summed E-state index contributed by atoms with van der Waals surface area (Å²) in [6.45, 7) is 0. The molecule has 0 saturated carbocycles. The molecule has 6 nitrogen and oxygen atoms in total. The monoisotopic (exact) mass is 384 g/mol. The number of thioether (sulfide) groups is 1. The summed E-state index contributed by atoms with van der Waals surface area (Å²) in [5.74, 6) is 1.09. The highest BCUT2D eigenvalue weighted by Gasteiger charge is 2.37. The Hall–Kier alpha value is -2.15. The van der Waals surface area contributed by atoms with E-state index in [1.165, 1.54) is 0 Å². The van der Waals surface area contributed by atoms with E-state index < -0.39 is 0 Å². The summed E-state index contributed by atoms with van der Waals surface area (Å²) in [6, 6.07) is 3.45. The molecule has 1 aromatic heterocycles. The van der Waals surface area contributed by atoms with Crippen LogP contribution in [0.4, 0.5) is 0 Å². The quantitative estimate of drug-likeness (QED) is 0.779. The van der Waals surface area contributed by atoms with Gasteiger partial charge in [-0.1, -0.05) is 12.2 Å². The Morgan fingerprint density at radius 3 is 2.85 bits per heavy atom. The number of rotatable bonds is 4. The van der Waals surface area contributed by atoms with Gasteiger partial charge < -0.3 is 10.6 Å². The van der Waals surface area contributed by atoms with Crippen molar-refractivity contribution in [2.24, 2.45) is 10.9 Å². The van der Waals surface area contributed by atoms with Gasteiger partial charge in [-0.2, -0.15) is 0 Å². The average molecular weight is 385 g/mol. The van der Waals surface area contributed by atoms with Crippen molar-refractivity contribution in [3.63, 3.8) is 0 Å². The lowest BCUT2D eigenvalue weighted by molar-refractivity contribution is -0.128. The highest BCUT2D eigenvalue weighted by atomic mass is 32.2. The van der Waals surface area contributed by atoms with Crippen LogP contribution in [0.1, 0.15) is 37.7 Å². The summed E-state index contributed by atoms with van der Waals surface area (Å²) in [5.41, 5.74) is 1.00. The van der Waals surface area contributed by atoms with Crippen molar-refractivity contribution >= 4 is 28.6 Å². The largest absolute Gasteiger partial charge is 0.351 e. The van der Waals surface area contributed by atoms with Gasteiger partial charge in [0.25, 0.3) is 0 Å². The Balaban J connectivity index is 1.42. The molecule has 0 spiro atoms. The van der Waals surface area contributed by atoms with Crippen LogP contribution in [-0.2, 0) is 9.59 Å². The van der Waals surface area contributed by atoms with Gasteiger partial charge in [0.1, 0.15) is 6.04 Å². The fourth-order valence-corrected chi connectivity index (χ4v) is 5.06. The van der Waals surface area contributed by atoms with Crippen LogP contribution in [-0.4, -0.2) is 45.7 Å². The normalized spacial score (nSPS) is 30.5. The number of hydrogen-bond donors (Lipinski definition) is 2. The number of pyridine rings is 1. The maximum atomic E-state index is 12.8. The van der Waals surface area contributed by atoms with Gasteiger partial charge in [-0.05, 0) is 43.7 Å². The summed E-state index contributed by atoms with van der Waals surface area (Å²) in [6.07, 6.45) is 12.1. The van der Waals surface area contributed by atoms with Crippen LogP contribution in [0, 0.1) is 5.92 Å². The van der Waals surface area contributed by atoms with Gasteiger partial charge in [-0.3, -0.25) is 19.6 Å². The van der Waals surface area contributed by atoms with Gasteiger partial charge in [-0.25, -0.2) is 0 Å². The topological polar surface area (TPSA) is 83.5 Å². The second-order valence-corrected chi connectivity index (χ2v) is 8.30. The van der Waals surface area contributed by atoms with Crippen LogP contribution >= 0.6 is 11.8 Å². The van der Waals surface area contributed by atoms with Crippen molar-refractivity contribution < 1.29 is 9.59 Å². The molecule has 1 aliphatic carbocycles. The zero-order valence-corrected chi connectivity index (χ0v) is 16.0. The van der Waals surface area contributed by atoms with E-state index in [4.69, 9.17) is 0 Å². The molecule has 2 unspecified atom stereocenters. The fraction of sp³-hybridized carbons (Fsp3) is 0.500. The molecule has 2 aliphatic heterocycles. The molecular weight excluding hydrogens is 360 g/mol. The van der Waals surface area contributed by atoms with Crippen LogP contribution in [0.5, 0.6) is 0 Å². The molecule has 7 heteroatoms. The van der Waals surface area contributed by atoms with E-state index in [1.54, 1.807) is 24.2 Å². The van der Waals surface area contributed by atoms with E-state index in [2.05, 4.69) is 32.8 Å². The smallest absolute Gasteiger partial charge is 0.246 e. The standard InChI is InChI=1S/C20H24N4O2S/c25-17-7-6-15(18(24-17)13-4-2-1-3-5-13)22-19(26)16-12-27-20(23-16)14-8-10-21-11-9-14/h1-2,8-11,13,15-16,18H,3-7,12H2,(H,22,26)(H,24,25)/t13?,15-,16?,18+/m1/s1. The average Bonchev–Trinajstić information content (AvgIpc) is 3.21. The first kappa shape index (κ1) is 18.2. The van der Waals surface area contributed by atoms with Crippen molar-refractivity contribution in [2.45, 2.75) is 50.2 Å². The predicted molar refractivity (Wildman–Crippen MR) is 107 cm³/mol. The molecule has 3 heterocycles. The van der Waals surface area contributed by atoms with Crippen molar-refractivity contribution in [2.75, 3.05) is 5.75 Å². The number of allylic oxidation sites excluding steroid dienone is 2. The Labute approximate surface area is 163 Å². The molecule has 1 saturated heterocycles. The first-order chi connectivity index (χ1) is 13.2. The molecular formula is C20H24N4O2S. The van der Waals surface area contributed by atoms with Crippen LogP contribution in [0.3, 0.4) is 0 Å². The van der Waals surface area contributed by atoms with E-state index >= 15 is 0 Å². The Bertz CT molecular complexity index is 765. The second kappa shape index (κ2) is 8.25. The lowest BCUT2D eigenvalue weighted by Gasteiger charge is -2.38. The third-order valence-corrected chi connectivity index (χ3v) is 6.57. The first-order valence-corrected chi connectivity index (χ1v) is 10.5. The minimum Gasteiger partial charge on any atom is -0.351 e. The molecule has 2 amide bonds. The molecule has 2 N–H and O–H groups in total. The van der Waals surface area contributed by atoms with E-state index in [0.717, 1.165) is 29.9 Å². The summed E-state index contributed by atoms with van der Waals surface area (Å²) in [4.78, 5) is 33.4. The maximum absolute atomic E-state index is 12.8. The van der Waals surface area contributed by atoms with Crippen molar-refractivity contribution in [1.82, 2.24) is 15.6 Å². The molecule has 3 aliphatic rings. The lowest BCUT2D eigenvalue weighted by Crippen LogP contribution is -2.59. The molecule has 0 radical (unpaired) electrons. The highest BCUT2D eigenvalue weighted by Crippen LogP contribution is 2.28. The summed E-state index contributed by atoms with van der Waals surface area (Å²) >= 11 is 1.61.